The zero-order valence-corrected chi connectivity index (χ0v) is 8.08. The average Bonchev–Trinajstić information content (AvgIpc) is 2.55. The lowest BCUT2D eigenvalue weighted by molar-refractivity contribution is -0.138. The van der Waals surface area contributed by atoms with Crippen molar-refractivity contribution in [2.75, 3.05) is 0 Å². The molecule has 1 atom stereocenters. The van der Waals surface area contributed by atoms with E-state index in [0.717, 1.165) is 5.69 Å². The van der Waals surface area contributed by atoms with Gasteiger partial charge in [-0.05, 0) is 6.92 Å². The van der Waals surface area contributed by atoms with Crippen molar-refractivity contribution in [1.82, 2.24) is 14.4 Å². The predicted molar refractivity (Wildman–Crippen MR) is 52.3 cm³/mol. The molecule has 2 aromatic heterocycles. The fraction of sp³-hybridized carbons (Fsp3) is 0.222. The molecule has 0 aliphatic heterocycles. The molecule has 2 aromatic rings. The van der Waals surface area contributed by atoms with Crippen molar-refractivity contribution in [3.8, 4) is 0 Å². The normalized spacial score (nSPS) is 12.9. The standard InChI is InChI=1S/C9H10N4O2/c1-5-3-13-4-6(7(10)8(14)15)2-11-9(13)12-5/h2-4,7H,10H2,1H3,(H,14,15). The summed E-state index contributed by atoms with van der Waals surface area (Å²) in [5, 5.41) is 8.74. The van der Waals surface area contributed by atoms with E-state index in [1.54, 1.807) is 16.8 Å². The number of imidazole rings is 1. The third kappa shape index (κ3) is 1.66. The van der Waals surface area contributed by atoms with Gasteiger partial charge in [0.25, 0.3) is 0 Å². The number of nitrogens with two attached hydrogens (primary N) is 1. The highest BCUT2D eigenvalue weighted by molar-refractivity contribution is 5.75. The Morgan fingerprint density at radius 1 is 1.60 bits per heavy atom. The molecule has 0 aromatic carbocycles. The Labute approximate surface area is 85.4 Å². The van der Waals surface area contributed by atoms with Gasteiger partial charge >= 0.3 is 5.97 Å². The molecular formula is C9H10N4O2. The fourth-order valence-corrected chi connectivity index (χ4v) is 1.32. The molecule has 0 spiro atoms. The minimum absolute atomic E-state index is 0.451. The molecule has 0 saturated carbocycles. The number of hydrogen-bond donors (Lipinski definition) is 2. The number of fused-ring (bicyclic) bond motifs is 1. The van der Waals surface area contributed by atoms with Crippen molar-refractivity contribution in [2.24, 2.45) is 5.73 Å². The van der Waals surface area contributed by atoms with Gasteiger partial charge in [0.05, 0.1) is 5.69 Å². The molecule has 0 saturated heterocycles. The van der Waals surface area contributed by atoms with Crippen molar-refractivity contribution in [1.29, 1.82) is 0 Å². The number of aromatic nitrogens is 3. The van der Waals surface area contributed by atoms with E-state index in [9.17, 15) is 4.79 Å². The summed E-state index contributed by atoms with van der Waals surface area (Å²) >= 11 is 0. The Morgan fingerprint density at radius 3 is 3.00 bits per heavy atom. The number of aryl methyl sites for hydroxylation is 1. The SMILES string of the molecule is Cc1cn2cc(C(N)C(=O)O)cnc2n1. The van der Waals surface area contributed by atoms with Crippen LogP contribution in [0.25, 0.3) is 5.78 Å². The molecule has 15 heavy (non-hydrogen) atoms. The average molecular weight is 206 g/mol. The fourth-order valence-electron chi connectivity index (χ4n) is 1.32. The third-order valence-corrected chi connectivity index (χ3v) is 2.08. The van der Waals surface area contributed by atoms with Crippen LogP contribution in [-0.4, -0.2) is 25.4 Å². The van der Waals surface area contributed by atoms with E-state index in [2.05, 4.69) is 9.97 Å². The van der Waals surface area contributed by atoms with Crippen molar-refractivity contribution in [2.45, 2.75) is 13.0 Å². The van der Waals surface area contributed by atoms with E-state index in [1.165, 1.54) is 6.20 Å². The molecule has 0 radical (unpaired) electrons. The summed E-state index contributed by atoms with van der Waals surface area (Å²) in [5.74, 6) is -0.540. The van der Waals surface area contributed by atoms with Crippen LogP contribution in [0.4, 0.5) is 0 Å². The van der Waals surface area contributed by atoms with Gasteiger partial charge in [-0.1, -0.05) is 0 Å². The minimum atomic E-state index is -1.08. The molecule has 0 amide bonds. The maximum Gasteiger partial charge on any atom is 0.325 e. The van der Waals surface area contributed by atoms with Gasteiger partial charge in [-0.25, -0.2) is 9.97 Å². The Morgan fingerprint density at radius 2 is 2.33 bits per heavy atom. The summed E-state index contributed by atoms with van der Waals surface area (Å²) in [6, 6.07) is -1.05. The van der Waals surface area contributed by atoms with Gasteiger partial charge < -0.3 is 10.8 Å². The van der Waals surface area contributed by atoms with Gasteiger partial charge in [0.15, 0.2) is 0 Å². The van der Waals surface area contributed by atoms with E-state index in [4.69, 9.17) is 10.8 Å². The first kappa shape index (κ1) is 9.60. The topological polar surface area (TPSA) is 93.5 Å². The number of aliphatic carboxylic acids is 1. The first-order valence-corrected chi connectivity index (χ1v) is 4.37. The number of carboxylic acid groups (broad SMARTS) is 1. The number of carbonyl (C=O) groups is 1. The van der Waals surface area contributed by atoms with Crippen LogP contribution >= 0.6 is 0 Å². The Kier molecular flexibility index (Phi) is 2.12. The van der Waals surface area contributed by atoms with Gasteiger partial charge in [0, 0.05) is 24.2 Å². The maximum absolute atomic E-state index is 10.7. The van der Waals surface area contributed by atoms with E-state index >= 15 is 0 Å². The van der Waals surface area contributed by atoms with Crippen LogP contribution in [0.15, 0.2) is 18.6 Å². The van der Waals surface area contributed by atoms with Crippen LogP contribution < -0.4 is 5.73 Å². The Hall–Kier alpha value is -1.95. The molecule has 0 bridgehead atoms. The van der Waals surface area contributed by atoms with Crippen LogP contribution in [0.5, 0.6) is 0 Å². The number of hydrogen-bond acceptors (Lipinski definition) is 4. The lowest BCUT2D eigenvalue weighted by Gasteiger charge is -2.05. The molecule has 0 aliphatic carbocycles. The second-order valence-corrected chi connectivity index (χ2v) is 3.29. The Balaban J connectivity index is 2.50. The van der Waals surface area contributed by atoms with Crippen molar-refractivity contribution in [3.63, 3.8) is 0 Å². The number of carboxylic acids is 1. The first-order valence-electron chi connectivity index (χ1n) is 4.37. The van der Waals surface area contributed by atoms with Gasteiger partial charge in [0.2, 0.25) is 5.78 Å². The minimum Gasteiger partial charge on any atom is -0.480 e. The van der Waals surface area contributed by atoms with Crippen LogP contribution in [-0.2, 0) is 4.79 Å². The lowest BCUT2D eigenvalue weighted by Crippen LogP contribution is -2.21. The second-order valence-electron chi connectivity index (χ2n) is 3.29. The van der Waals surface area contributed by atoms with E-state index in [-0.39, 0.29) is 0 Å². The lowest BCUT2D eigenvalue weighted by atomic mass is 10.2. The molecule has 6 heteroatoms. The smallest absolute Gasteiger partial charge is 0.325 e. The molecule has 3 N–H and O–H groups in total. The summed E-state index contributed by atoms with van der Waals surface area (Å²) in [5.41, 5.74) is 6.74. The van der Waals surface area contributed by atoms with Crippen LogP contribution in [0, 0.1) is 6.92 Å². The monoisotopic (exact) mass is 206 g/mol. The second kappa shape index (κ2) is 3.32. The Bertz CT molecular complexity index is 520. The molecular weight excluding hydrogens is 196 g/mol. The van der Waals surface area contributed by atoms with Crippen LogP contribution in [0.2, 0.25) is 0 Å². The maximum atomic E-state index is 10.7. The quantitative estimate of drug-likeness (QED) is 0.728. The molecule has 0 aliphatic rings. The molecule has 2 heterocycles. The zero-order valence-electron chi connectivity index (χ0n) is 8.08. The van der Waals surface area contributed by atoms with Crippen molar-refractivity contribution < 1.29 is 9.90 Å². The van der Waals surface area contributed by atoms with Crippen molar-refractivity contribution in [3.05, 3.63) is 29.8 Å². The number of nitrogens with zero attached hydrogens (tertiary/aromatic N) is 3. The highest BCUT2D eigenvalue weighted by atomic mass is 16.4. The van der Waals surface area contributed by atoms with Crippen molar-refractivity contribution >= 4 is 11.7 Å². The largest absolute Gasteiger partial charge is 0.480 e. The summed E-state index contributed by atoms with van der Waals surface area (Å²) < 4.78 is 1.66. The molecule has 78 valence electrons. The third-order valence-electron chi connectivity index (χ3n) is 2.08. The summed E-state index contributed by atoms with van der Waals surface area (Å²) in [4.78, 5) is 18.8. The molecule has 2 rings (SSSR count). The van der Waals surface area contributed by atoms with E-state index < -0.39 is 12.0 Å². The molecule has 0 fully saturated rings. The van der Waals surface area contributed by atoms with Gasteiger partial charge in [-0.2, -0.15) is 0 Å². The van der Waals surface area contributed by atoms with Gasteiger partial charge in [0.1, 0.15) is 6.04 Å². The summed E-state index contributed by atoms with van der Waals surface area (Å²) in [6.07, 6.45) is 4.82. The van der Waals surface area contributed by atoms with E-state index in [0.29, 0.717) is 11.3 Å². The van der Waals surface area contributed by atoms with Crippen LogP contribution in [0.1, 0.15) is 17.3 Å². The molecule has 6 nitrogen and oxygen atoms in total. The highest BCUT2D eigenvalue weighted by Crippen LogP contribution is 2.10. The predicted octanol–water partition coefficient (Wildman–Crippen LogP) is 0.122. The van der Waals surface area contributed by atoms with Gasteiger partial charge in [-0.3, -0.25) is 9.20 Å². The summed E-state index contributed by atoms with van der Waals surface area (Å²) in [6.45, 7) is 1.84. The van der Waals surface area contributed by atoms with E-state index in [1.807, 2.05) is 6.92 Å². The van der Waals surface area contributed by atoms with Gasteiger partial charge in [-0.15, -0.1) is 0 Å². The zero-order chi connectivity index (χ0) is 11.0. The highest BCUT2D eigenvalue weighted by Gasteiger charge is 2.15. The number of rotatable bonds is 2. The first-order chi connectivity index (χ1) is 7.08. The summed E-state index contributed by atoms with van der Waals surface area (Å²) in [7, 11) is 0. The van der Waals surface area contributed by atoms with Crippen LogP contribution in [0.3, 0.4) is 0 Å². The molecule has 1 unspecified atom stereocenters.